The normalized spacial score (nSPS) is 19.8. The van der Waals surface area contributed by atoms with Gasteiger partial charge < -0.3 is 20.1 Å². The molecule has 2 aliphatic heterocycles. The number of carbonyl (C=O) groups excluding carboxylic acids is 1. The highest BCUT2D eigenvalue weighted by Gasteiger charge is 2.29. The summed E-state index contributed by atoms with van der Waals surface area (Å²) in [5, 5.41) is 6.34. The van der Waals surface area contributed by atoms with Gasteiger partial charge in [-0.05, 0) is 49.8 Å². The SMILES string of the molecule is CC[C@@H](NC(=O)[C@H]1CCc2cnc(NC3CCOCC3)nc2O1)c1ccc(Cl)c(F)c1. The molecule has 4 rings (SSSR count). The van der Waals surface area contributed by atoms with Crippen LogP contribution in [0.1, 0.15) is 49.8 Å². The molecule has 1 amide bonds. The van der Waals surface area contributed by atoms with E-state index in [2.05, 4.69) is 20.6 Å². The van der Waals surface area contributed by atoms with E-state index in [0.717, 1.165) is 31.6 Å². The van der Waals surface area contributed by atoms with E-state index < -0.39 is 11.9 Å². The van der Waals surface area contributed by atoms with Crippen molar-refractivity contribution in [1.82, 2.24) is 15.3 Å². The number of aryl methyl sites for hydroxylation is 1. The Kier molecular flexibility index (Phi) is 6.87. The molecule has 1 aromatic heterocycles. The fourth-order valence-electron chi connectivity index (χ4n) is 3.84. The van der Waals surface area contributed by atoms with Crippen molar-refractivity contribution >= 4 is 23.5 Å². The zero-order valence-electron chi connectivity index (χ0n) is 17.4. The van der Waals surface area contributed by atoms with Gasteiger partial charge in [-0.2, -0.15) is 4.98 Å². The number of nitrogens with zero attached hydrogens (tertiary/aromatic N) is 2. The first-order valence-electron chi connectivity index (χ1n) is 10.7. The van der Waals surface area contributed by atoms with E-state index in [9.17, 15) is 9.18 Å². The molecule has 0 unspecified atom stereocenters. The number of anilines is 1. The molecule has 1 saturated heterocycles. The zero-order valence-corrected chi connectivity index (χ0v) is 18.1. The third kappa shape index (κ3) is 5.25. The largest absolute Gasteiger partial charge is 0.464 e. The molecule has 0 spiro atoms. The van der Waals surface area contributed by atoms with Crippen LogP contribution < -0.4 is 15.4 Å². The number of ether oxygens (including phenoxy) is 2. The summed E-state index contributed by atoms with van der Waals surface area (Å²) in [5.41, 5.74) is 1.55. The second-order valence-corrected chi connectivity index (χ2v) is 8.25. The van der Waals surface area contributed by atoms with Gasteiger partial charge in [-0.1, -0.05) is 24.6 Å². The van der Waals surface area contributed by atoms with Crippen LogP contribution in [0, 0.1) is 5.82 Å². The lowest BCUT2D eigenvalue weighted by Crippen LogP contribution is -2.42. The number of fused-ring (bicyclic) bond motifs is 1. The molecular weight excluding hydrogens is 423 g/mol. The van der Waals surface area contributed by atoms with E-state index in [1.54, 1.807) is 12.3 Å². The van der Waals surface area contributed by atoms with Crippen molar-refractivity contribution < 1.29 is 18.7 Å². The Hall–Kier alpha value is -2.45. The van der Waals surface area contributed by atoms with Gasteiger partial charge >= 0.3 is 0 Å². The predicted octanol–water partition coefficient (Wildman–Crippen LogP) is 3.82. The molecule has 0 bridgehead atoms. The summed E-state index contributed by atoms with van der Waals surface area (Å²) < 4.78 is 25.1. The van der Waals surface area contributed by atoms with Crippen LogP contribution in [-0.2, 0) is 16.0 Å². The molecular formula is C22H26ClFN4O3. The smallest absolute Gasteiger partial charge is 0.261 e. The van der Waals surface area contributed by atoms with Gasteiger partial charge in [0.05, 0.1) is 11.1 Å². The minimum Gasteiger partial charge on any atom is -0.464 e. The van der Waals surface area contributed by atoms with Crippen LogP contribution in [0.25, 0.3) is 0 Å². The maximum atomic E-state index is 13.8. The van der Waals surface area contributed by atoms with Crippen molar-refractivity contribution in [3.8, 4) is 5.88 Å². The van der Waals surface area contributed by atoms with Gasteiger partial charge in [0.1, 0.15) is 5.82 Å². The van der Waals surface area contributed by atoms with Crippen LogP contribution in [0.5, 0.6) is 5.88 Å². The second-order valence-electron chi connectivity index (χ2n) is 7.84. The molecule has 2 N–H and O–H groups in total. The van der Waals surface area contributed by atoms with Crippen LogP contribution in [0.4, 0.5) is 10.3 Å². The zero-order chi connectivity index (χ0) is 21.8. The van der Waals surface area contributed by atoms with Gasteiger partial charge in [0.15, 0.2) is 6.10 Å². The molecule has 2 aromatic rings. The highest BCUT2D eigenvalue weighted by Crippen LogP contribution is 2.28. The van der Waals surface area contributed by atoms with Gasteiger partial charge in [-0.25, -0.2) is 9.37 Å². The Morgan fingerprint density at radius 2 is 2.13 bits per heavy atom. The third-order valence-electron chi connectivity index (χ3n) is 5.67. The summed E-state index contributed by atoms with van der Waals surface area (Å²) in [5.74, 6) is 0.178. The lowest BCUT2D eigenvalue weighted by Gasteiger charge is -2.27. The molecule has 9 heteroatoms. The molecule has 2 aliphatic rings. The summed E-state index contributed by atoms with van der Waals surface area (Å²) in [6.45, 7) is 3.37. The lowest BCUT2D eigenvalue weighted by molar-refractivity contribution is -0.129. The van der Waals surface area contributed by atoms with E-state index in [0.29, 0.717) is 36.7 Å². The standard InChI is InChI=1S/C22H26ClFN4O3/c1-2-18(13-3-5-16(23)17(24)11-13)27-20(29)19-6-4-14-12-25-22(28-21(14)31-19)26-15-7-9-30-10-8-15/h3,5,11-12,15,18-19H,2,4,6-10H2,1H3,(H,27,29)(H,25,26,28)/t18-,19-/m1/s1. The first-order valence-corrected chi connectivity index (χ1v) is 11.0. The Labute approximate surface area is 185 Å². The second kappa shape index (κ2) is 9.78. The molecule has 3 heterocycles. The van der Waals surface area contributed by atoms with E-state index in [1.807, 2.05) is 6.92 Å². The molecule has 0 saturated carbocycles. The molecule has 7 nitrogen and oxygen atoms in total. The van der Waals surface area contributed by atoms with Crippen molar-refractivity contribution in [2.75, 3.05) is 18.5 Å². The van der Waals surface area contributed by atoms with Crippen molar-refractivity contribution in [2.24, 2.45) is 0 Å². The molecule has 0 aliphatic carbocycles. The molecule has 1 aromatic carbocycles. The van der Waals surface area contributed by atoms with Crippen LogP contribution in [0.3, 0.4) is 0 Å². The fraction of sp³-hybridized carbons (Fsp3) is 0.500. The highest BCUT2D eigenvalue weighted by molar-refractivity contribution is 6.30. The van der Waals surface area contributed by atoms with E-state index in [1.165, 1.54) is 12.1 Å². The number of hydrogen-bond acceptors (Lipinski definition) is 6. The lowest BCUT2D eigenvalue weighted by atomic mass is 10.0. The Balaban J connectivity index is 1.41. The van der Waals surface area contributed by atoms with Crippen molar-refractivity contribution in [1.29, 1.82) is 0 Å². The minimum atomic E-state index is -0.662. The Morgan fingerprint density at radius 1 is 1.32 bits per heavy atom. The van der Waals surface area contributed by atoms with Gasteiger partial charge in [0, 0.05) is 31.0 Å². The topological polar surface area (TPSA) is 85.4 Å². The Morgan fingerprint density at radius 3 is 2.87 bits per heavy atom. The number of halogens is 2. The van der Waals surface area contributed by atoms with Crippen LogP contribution in [0.2, 0.25) is 5.02 Å². The summed E-state index contributed by atoms with van der Waals surface area (Å²) in [4.78, 5) is 21.7. The van der Waals surface area contributed by atoms with E-state index in [-0.39, 0.29) is 23.0 Å². The van der Waals surface area contributed by atoms with Gasteiger partial charge in [0.2, 0.25) is 11.8 Å². The Bertz CT molecular complexity index is 939. The van der Waals surface area contributed by atoms with Crippen molar-refractivity contribution in [3.05, 3.63) is 46.4 Å². The van der Waals surface area contributed by atoms with Crippen LogP contribution >= 0.6 is 11.6 Å². The summed E-state index contributed by atoms with van der Waals surface area (Å²) >= 11 is 5.77. The first-order chi connectivity index (χ1) is 15.0. The molecule has 0 radical (unpaired) electrons. The van der Waals surface area contributed by atoms with Gasteiger partial charge in [-0.3, -0.25) is 4.79 Å². The van der Waals surface area contributed by atoms with E-state index >= 15 is 0 Å². The third-order valence-corrected chi connectivity index (χ3v) is 5.98. The van der Waals surface area contributed by atoms with Crippen LogP contribution in [0.15, 0.2) is 24.4 Å². The fourth-order valence-corrected chi connectivity index (χ4v) is 3.96. The van der Waals surface area contributed by atoms with Crippen molar-refractivity contribution in [3.63, 3.8) is 0 Å². The average molecular weight is 449 g/mol. The summed E-state index contributed by atoms with van der Waals surface area (Å²) in [6, 6.07) is 4.51. The number of nitrogens with one attached hydrogen (secondary N) is 2. The molecule has 2 atom stereocenters. The van der Waals surface area contributed by atoms with Crippen LogP contribution in [-0.4, -0.2) is 41.2 Å². The van der Waals surface area contributed by atoms with Crippen molar-refractivity contribution in [2.45, 2.75) is 57.2 Å². The number of aromatic nitrogens is 2. The molecule has 166 valence electrons. The minimum absolute atomic E-state index is 0.0574. The summed E-state index contributed by atoms with van der Waals surface area (Å²) in [6.07, 6.45) is 4.68. The number of rotatable bonds is 6. The maximum Gasteiger partial charge on any atom is 0.261 e. The number of benzene rings is 1. The summed E-state index contributed by atoms with van der Waals surface area (Å²) in [7, 11) is 0. The molecule has 31 heavy (non-hydrogen) atoms. The maximum absolute atomic E-state index is 13.8. The first kappa shape index (κ1) is 21.8. The number of carbonyl (C=O) groups is 1. The molecule has 1 fully saturated rings. The predicted molar refractivity (Wildman–Crippen MR) is 115 cm³/mol. The van der Waals surface area contributed by atoms with Gasteiger partial charge in [-0.15, -0.1) is 0 Å². The van der Waals surface area contributed by atoms with Gasteiger partial charge in [0.25, 0.3) is 5.91 Å². The number of amides is 1. The quantitative estimate of drug-likeness (QED) is 0.698. The highest BCUT2D eigenvalue weighted by atomic mass is 35.5. The monoisotopic (exact) mass is 448 g/mol. The average Bonchev–Trinajstić information content (AvgIpc) is 2.79. The number of hydrogen-bond donors (Lipinski definition) is 2. The van der Waals surface area contributed by atoms with E-state index in [4.69, 9.17) is 21.1 Å².